The Kier molecular flexibility index (Phi) is 3.22. The maximum atomic E-state index is 12.5. The van der Waals surface area contributed by atoms with E-state index in [1.165, 1.54) is 0 Å². The minimum atomic E-state index is -0.210. The molecule has 0 saturated heterocycles. The molecule has 0 saturated carbocycles. The van der Waals surface area contributed by atoms with Crippen molar-refractivity contribution in [3.8, 4) is 28.7 Å². The highest BCUT2D eigenvalue weighted by molar-refractivity contribution is 6.01. The molecule has 2 aromatic carbocycles. The van der Waals surface area contributed by atoms with Gasteiger partial charge in [0.2, 0.25) is 12.5 Å². The highest BCUT2D eigenvalue weighted by Gasteiger charge is 2.23. The molecule has 1 N–H and O–H groups in total. The van der Waals surface area contributed by atoms with E-state index in [-0.39, 0.29) is 36.1 Å². The number of carbonyl (C=O) groups excluding carboxylic acids is 1. The number of hydrogen-bond acceptors (Lipinski definition) is 6. The summed E-state index contributed by atoms with van der Waals surface area (Å²) in [6.45, 7) is 0.965. The zero-order valence-electron chi connectivity index (χ0n) is 12.2. The van der Waals surface area contributed by atoms with Crippen LogP contribution in [0, 0.1) is 0 Å². The molecule has 6 nitrogen and oxygen atoms in total. The van der Waals surface area contributed by atoms with Crippen LogP contribution in [0.5, 0.6) is 28.7 Å². The summed E-state index contributed by atoms with van der Waals surface area (Å²) < 4.78 is 21.3. The van der Waals surface area contributed by atoms with Gasteiger partial charge in [0.05, 0.1) is 5.56 Å². The Balaban J connectivity index is 1.60. The molecule has 0 aliphatic carbocycles. The summed E-state index contributed by atoms with van der Waals surface area (Å²) in [6, 6.07) is 8.55. The van der Waals surface area contributed by atoms with Crippen LogP contribution in [0.3, 0.4) is 0 Å². The number of carbonyl (C=O) groups is 1. The van der Waals surface area contributed by atoms with E-state index >= 15 is 0 Å². The summed E-state index contributed by atoms with van der Waals surface area (Å²) in [7, 11) is 0. The maximum absolute atomic E-state index is 12.5. The van der Waals surface area contributed by atoms with Gasteiger partial charge in [0.1, 0.15) is 13.2 Å². The minimum absolute atomic E-state index is 0.143. The molecule has 0 atom stereocenters. The molecule has 2 aromatic rings. The average Bonchev–Trinajstić information content (AvgIpc) is 3.03. The van der Waals surface area contributed by atoms with Crippen LogP contribution in [0.4, 0.5) is 0 Å². The average molecular weight is 314 g/mol. The second-order valence-electron chi connectivity index (χ2n) is 5.27. The van der Waals surface area contributed by atoms with Crippen LogP contribution in [0.15, 0.2) is 30.3 Å². The fraction of sp³-hybridized carbons (Fsp3) is 0.235. The van der Waals surface area contributed by atoms with Crippen molar-refractivity contribution < 1.29 is 28.8 Å². The first-order valence-corrected chi connectivity index (χ1v) is 7.25. The van der Waals surface area contributed by atoms with Gasteiger partial charge < -0.3 is 24.1 Å². The summed E-state index contributed by atoms with van der Waals surface area (Å²) in [4.78, 5) is 12.5. The number of ketones is 1. The maximum Gasteiger partial charge on any atom is 0.231 e. The fourth-order valence-corrected chi connectivity index (χ4v) is 2.66. The second-order valence-corrected chi connectivity index (χ2v) is 5.27. The fourth-order valence-electron chi connectivity index (χ4n) is 2.66. The third-order valence-electron chi connectivity index (χ3n) is 3.78. The SMILES string of the molecule is O=C(Cc1ccc2c(c1)OCO2)c1ccc2c(c1O)OCCO2. The molecular formula is C17H14O6. The van der Waals surface area contributed by atoms with Gasteiger partial charge in [-0.25, -0.2) is 0 Å². The quantitative estimate of drug-likeness (QED) is 0.876. The molecule has 2 aliphatic heterocycles. The van der Waals surface area contributed by atoms with Gasteiger partial charge in [-0.2, -0.15) is 0 Å². The molecule has 0 unspecified atom stereocenters. The number of benzene rings is 2. The molecule has 2 aliphatic rings. The number of Topliss-reactive ketones (excluding diaryl/α,β-unsaturated/α-hetero) is 1. The van der Waals surface area contributed by atoms with E-state index in [0.29, 0.717) is 30.5 Å². The Morgan fingerprint density at radius 2 is 1.74 bits per heavy atom. The number of hydrogen-bond donors (Lipinski definition) is 1. The molecule has 0 spiro atoms. The van der Waals surface area contributed by atoms with Gasteiger partial charge >= 0.3 is 0 Å². The van der Waals surface area contributed by atoms with Crippen LogP contribution in [-0.2, 0) is 6.42 Å². The van der Waals surface area contributed by atoms with Crippen molar-refractivity contribution in [1.29, 1.82) is 0 Å². The summed E-state index contributed by atoms with van der Waals surface area (Å²) in [5.41, 5.74) is 1.00. The molecule has 0 fully saturated rings. The third-order valence-corrected chi connectivity index (χ3v) is 3.78. The van der Waals surface area contributed by atoms with Gasteiger partial charge in [0, 0.05) is 6.42 Å². The Labute approximate surface area is 132 Å². The largest absolute Gasteiger partial charge is 0.504 e. The van der Waals surface area contributed by atoms with Crippen molar-refractivity contribution in [2.24, 2.45) is 0 Å². The first-order valence-electron chi connectivity index (χ1n) is 7.25. The predicted octanol–water partition coefficient (Wildman–Crippen LogP) is 2.32. The van der Waals surface area contributed by atoms with Crippen molar-refractivity contribution in [2.45, 2.75) is 6.42 Å². The van der Waals surface area contributed by atoms with Gasteiger partial charge in [0.15, 0.2) is 28.8 Å². The topological polar surface area (TPSA) is 74.2 Å². The first-order chi connectivity index (χ1) is 11.2. The number of aromatic hydroxyl groups is 1. The van der Waals surface area contributed by atoms with Gasteiger partial charge in [-0.15, -0.1) is 0 Å². The van der Waals surface area contributed by atoms with Gasteiger partial charge in [-0.3, -0.25) is 4.79 Å². The predicted molar refractivity (Wildman–Crippen MR) is 79.7 cm³/mol. The zero-order chi connectivity index (χ0) is 15.8. The van der Waals surface area contributed by atoms with Crippen LogP contribution < -0.4 is 18.9 Å². The van der Waals surface area contributed by atoms with Gasteiger partial charge in [-0.1, -0.05) is 6.07 Å². The second kappa shape index (κ2) is 5.39. The van der Waals surface area contributed by atoms with Crippen LogP contribution in [0.1, 0.15) is 15.9 Å². The number of ether oxygens (including phenoxy) is 4. The number of phenols is 1. The molecule has 23 heavy (non-hydrogen) atoms. The molecule has 6 heteroatoms. The lowest BCUT2D eigenvalue weighted by Crippen LogP contribution is -2.16. The molecular weight excluding hydrogens is 300 g/mol. The molecule has 118 valence electrons. The van der Waals surface area contributed by atoms with Crippen molar-refractivity contribution >= 4 is 5.78 Å². The molecule has 0 bridgehead atoms. The van der Waals surface area contributed by atoms with E-state index in [1.807, 2.05) is 0 Å². The van der Waals surface area contributed by atoms with E-state index in [2.05, 4.69) is 0 Å². The van der Waals surface area contributed by atoms with Crippen LogP contribution in [0.25, 0.3) is 0 Å². The third kappa shape index (κ3) is 2.42. The van der Waals surface area contributed by atoms with Crippen LogP contribution in [0.2, 0.25) is 0 Å². The van der Waals surface area contributed by atoms with E-state index in [9.17, 15) is 9.90 Å². The lowest BCUT2D eigenvalue weighted by atomic mass is 10.0. The Bertz CT molecular complexity index is 783. The van der Waals surface area contributed by atoms with E-state index in [4.69, 9.17) is 18.9 Å². The van der Waals surface area contributed by atoms with Crippen LogP contribution in [-0.4, -0.2) is 30.9 Å². The van der Waals surface area contributed by atoms with Crippen molar-refractivity contribution in [3.63, 3.8) is 0 Å². The minimum Gasteiger partial charge on any atom is -0.504 e. The van der Waals surface area contributed by atoms with Crippen molar-refractivity contribution in [3.05, 3.63) is 41.5 Å². The Morgan fingerprint density at radius 3 is 2.65 bits per heavy atom. The monoisotopic (exact) mass is 314 g/mol. The van der Waals surface area contributed by atoms with E-state index in [1.54, 1.807) is 30.3 Å². The molecule has 4 rings (SSSR count). The van der Waals surface area contributed by atoms with E-state index in [0.717, 1.165) is 5.56 Å². The smallest absolute Gasteiger partial charge is 0.231 e. The molecule has 0 aromatic heterocycles. The van der Waals surface area contributed by atoms with Crippen molar-refractivity contribution in [2.75, 3.05) is 20.0 Å². The van der Waals surface area contributed by atoms with Gasteiger partial charge in [-0.05, 0) is 29.8 Å². The molecule has 2 heterocycles. The van der Waals surface area contributed by atoms with E-state index < -0.39 is 0 Å². The lowest BCUT2D eigenvalue weighted by molar-refractivity contribution is 0.0988. The summed E-state index contributed by atoms with van der Waals surface area (Å²) in [6.07, 6.45) is 0.143. The summed E-state index contributed by atoms with van der Waals surface area (Å²) in [5, 5.41) is 10.3. The Hall–Kier alpha value is -2.89. The molecule has 0 radical (unpaired) electrons. The summed E-state index contributed by atoms with van der Waals surface area (Å²) >= 11 is 0. The standard InChI is InChI=1S/C17H14O6/c18-12(7-10-1-3-13-15(8-10)23-9-22-13)11-2-4-14-17(16(11)19)21-6-5-20-14/h1-4,8,19H,5-7,9H2. The highest BCUT2D eigenvalue weighted by Crippen LogP contribution is 2.41. The Morgan fingerprint density at radius 1 is 0.957 bits per heavy atom. The zero-order valence-corrected chi connectivity index (χ0v) is 12.2. The highest BCUT2D eigenvalue weighted by atomic mass is 16.7. The molecule has 0 amide bonds. The van der Waals surface area contributed by atoms with Crippen molar-refractivity contribution in [1.82, 2.24) is 0 Å². The number of rotatable bonds is 3. The number of fused-ring (bicyclic) bond motifs is 2. The summed E-state index contributed by atoms with van der Waals surface area (Å²) in [5.74, 6) is 1.59. The normalized spacial score (nSPS) is 14.6. The van der Waals surface area contributed by atoms with Crippen LogP contribution >= 0.6 is 0 Å². The lowest BCUT2D eigenvalue weighted by Gasteiger charge is -2.20. The number of phenolic OH excluding ortho intramolecular Hbond substituents is 1. The first kappa shape index (κ1) is 13.8. The van der Waals surface area contributed by atoms with Gasteiger partial charge in [0.25, 0.3) is 0 Å².